The zero-order chi connectivity index (χ0) is 20.1. The molecule has 0 saturated carbocycles. The van der Waals surface area contributed by atoms with Crippen molar-refractivity contribution in [3.8, 4) is 0 Å². The molecule has 0 atom stereocenters. The number of hydrogen-bond donors (Lipinski definition) is 2. The molecule has 28 heavy (non-hydrogen) atoms. The lowest BCUT2D eigenvalue weighted by Crippen LogP contribution is -2.26. The van der Waals surface area contributed by atoms with Gasteiger partial charge in [0.1, 0.15) is 11.6 Å². The summed E-state index contributed by atoms with van der Waals surface area (Å²) >= 11 is 0. The molecule has 3 aromatic rings. The largest absolute Gasteiger partial charge is 0.352 e. The van der Waals surface area contributed by atoms with E-state index in [1.807, 2.05) is 17.8 Å². The first-order valence-electron chi connectivity index (χ1n) is 8.48. The molecule has 2 aromatic carbocycles. The van der Waals surface area contributed by atoms with Crippen LogP contribution < -0.4 is 10.0 Å². The summed E-state index contributed by atoms with van der Waals surface area (Å²) in [5.41, 5.74) is 0.184. The van der Waals surface area contributed by atoms with E-state index in [1.165, 1.54) is 42.5 Å². The molecule has 0 spiro atoms. The number of aromatic nitrogens is 2. The number of nitrogens with zero attached hydrogens (tertiary/aromatic N) is 2. The highest BCUT2D eigenvalue weighted by atomic mass is 32.2. The number of aryl methyl sites for hydroxylation is 1. The fraction of sp³-hybridized carbons (Fsp3) is 0.158. The molecule has 0 unspecified atom stereocenters. The summed E-state index contributed by atoms with van der Waals surface area (Å²) in [4.78, 5) is 16.3. The Hall–Kier alpha value is -3.20. The predicted octanol–water partition coefficient (Wildman–Crippen LogP) is 2.33. The van der Waals surface area contributed by atoms with Crippen LogP contribution in [-0.2, 0) is 23.5 Å². The Balaban J connectivity index is 1.63. The molecule has 1 aromatic heterocycles. The van der Waals surface area contributed by atoms with Crippen molar-refractivity contribution in [1.82, 2.24) is 14.9 Å². The summed E-state index contributed by atoms with van der Waals surface area (Å²) in [6.07, 6.45) is 4.09. The summed E-state index contributed by atoms with van der Waals surface area (Å²) in [7, 11) is -2.09. The van der Waals surface area contributed by atoms with Crippen molar-refractivity contribution >= 4 is 21.6 Å². The number of hydrogen-bond acceptors (Lipinski definition) is 4. The van der Waals surface area contributed by atoms with Crippen LogP contribution in [0.1, 0.15) is 16.2 Å². The van der Waals surface area contributed by atoms with E-state index in [0.29, 0.717) is 18.5 Å². The SMILES string of the molecule is Cn1ccnc1CCNC(=O)c1ccc(S(=O)(=O)Nc2ccccc2F)cc1. The standard InChI is InChI=1S/C19H19FN4O3S/c1-24-13-12-21-18(24)10-11-22-19(25)14-6-8-15(9-7-14)28(26,27)23-17-5-3-2-4-16(17)20/h2-9,12-13,23H,10-11H2,1H3,(H,22,25). The van der Waals surface area contributed by atoms with E-state index in [1.54, 1.807) is 6.20 Å². The highest BCUT2D eigenvalue weighted by Crippen LogP contribution is 2.19. The highest BCUT2D eigenvalue weighted by molar-refractivity contribution is 7.92. The number of benzene rings is 2. The molecule has 0 aliphatic carbocycles. The molecular weight excluding hydrogens is 383 g/mol. The van der Waals surface area contributed by atoms with Crippen LogP contribution in [0.25, 0.3) is 0 Å². The van der Waals surface area contributed by atoms with E-state index in [-0.39, 0.29) is 16.5 Å². The first-order valence-corrected chi connectivity index (χ1v) is 9.97. The summed E-state index contributed by atoms with van der Waals surface area (Å²) in [5.74, 6) is -0.143. The van der Waals surface area contributed by atoms with Gasteiger partial charge in [0.05, 0.1) is 10.6 Å². The third-order valence-electron chi connectivity index (χ3n) is 4.10. The van der Waals surface area contributed by atoms with Crippen LogP contribution >= 0.6 is 0 Å². The number of para-hydroxylation sites is 1. The number of amides is 1. The lowest BCUT2D eigenvalue weighted by Gasteiger charge is -2.10. The number of sulfonamides is 1. The third kappa shape index (κ3) is 4.55. The fourth-order valence-corrected chi connectivity index (χ4v) is 3.63. The maximum atomic E-state index is 13.7. The van der Waals surface area contributed by atoms with E-state index >= 15 is 0 Å². The molecule has 1 amide bonds. The topological polar surface area (TPSA) is 93.1 Å². The number of carbonyl (C=O) groups excluding carboxylic acids is 1. The summed E-state index contributed by atoms with van der Waals surface area (Å²) in [6, 6.07) is 10.9. The van der Waals surface area contributed by atoms with E-state index in [9.17, 15) is 17.6 Å². The van der Waals surface area contributed by atoms with Gasteiger partial charge in [0.15, 0.2) is 0 Å². The normalized spacial score (nSPS) is 11.2. The maximum Gasteiger partial charge on any atom is 0.261 e. The average molecular weight is 402 g/mol. The van der Waals surface area contributed by atoms with Crippen LogP contribution in [-0.4, -0.2) is 30.4 Å². The smallest absolute Gasteiger partial charge is 0.261 e. The molecule has 2 N–H and O–H groups in total. The predicted molar refractivity (Wildman–Crippen MR) is 103 cm³/mol. The van der Waals surface area contributed by atoms with Crippen LogP contribution in [0.2, 0.25) is 0 Å². The quantitative estimate of drug-likeness (QED) is 0.634. The second-order valence-electron chi connectivity index (χ2n) is 6.07. The lowest BCUT2D eigenvalue weighted by molar-refractivity contribution is 0.0954. The van der Waals surface area contributed by atoms with Gasteiger partial charge < -0.3 is 9.88 Å². The Morgan fingerprint density at radius 3 is 2.50 bits per heavy atom. The molecule has 0 aliphatic heterocycles. The Morgan fingerprint density at radius 1 is 1.14 bits per heavy atom. The van der Waals surface area contributed by atoms with Crippen molar-refractivity contribution in [1.29, 1.82) is 0 Å². The zero-order valence-electron chi connectivity index (χ0n) is 15.1. The Morgan fingerprint density at radius 2 is 1.86 bits per heavy atom. The molecule has 9 heteroatoms. The molecule has 3 rings (SSSR count). The molecule has 7 nitrogen and oxygen atoms in total. The molecule has 0 fully saturated rings. The Labute approximate surface area is 162 Å². The number of carbonyl (C=O) groups is 1. The van der Waals surface area contributed by atoms with Crippen molar-refractivity contribution in [2.24, 2.45) is 7.05 Å². The van der Waals surface area contributed by atoms with Crippen LogP contribution in [0.3, 0.4) is 0 Å². The van der Waals surface area contributed by atoms with Crippen molar-refractivity contribution in [2.45, 2.75) is 11.3 Å². The summed E-state index contributed by atoms with van der Waals surface area (Å²) < 4.78 is 42.5. The molecular formula is C19H19FN4O3S. The highest BCUT2D eigenvalue weighted by Gasteiger charge is 2.17. The molecule has 0 aliphatic rings. The number of anilines is 1. The van der Waals surface area contributed by atoms with Crippen LogP contribution in [0.5, 0.6) is 0 Å². The van der Waals surface area contributed by atoms with Gasteiger partial charge in [0.2, 0.25) is 0 Å². The number of rotatable bonds is 7. The van der Waals surface area contributed by atoms with Crippen molar-refractivity contribution in [2.75, 3.05) is 11.3 Å². The second-order valence-corrected chi connectivity index (χ2v) is 7.75. The Bertz CT molecular complexity index is 1080. The maximum absolute atomic E-state index is 13.7. The van der Waals surface area contributed by atoms with Crippen LogP contribution in [0.4, 0.5) is 10.1 Å². The molecule has 0 saturated heterocycles. The monoisotopic (exact) mass is 402 g/mol. The molecule has 0 radical (unpaired) electrons. The van der Waals surface area contributed by atoms with Gasteiger partial charge in [-0.05, 0) is 36.4 Å². The molecule has 146 valence electrons. The second kappa shape index (κ2) is 8.22. The number of nitrogens with one attached hydrogen (secondary N) is 2. The summed E-state index contributed by atoms with van der Waals surface area (Å²) in [5, 5.41) is 2.76. The van der Waals surface area contributed by atoms with Gasteiger partial charge in [0.25, 0.3) is 15.9 Å². The van der Waals surface area contributed by atoms with Crippen molar-refractivity contribution in [3.05, 3.63) is 78.1 Å². The van der Waals surface area contributed by atoms with E-state index in [4.69, 9.17) is 0 Å². The molecule has 0 bridgehead atoms. The van der Waals surface area contributed by atoms with E-state index in [0.717, 1.165) is 11.9 Å². The van der Waals surface area contributed by atoms with Gasteiger partial charge in [-0.2, -0.15) is 0 Å². The Kier molecular flexibility index (Phi) is 5.74. The number of halogens is 1. The van der Waals surface area contributed by atoms with Gasteiger partial charge in [0, 0.05) is 38.0 Å². The van der Waals surface area contributed by atoms with E-state index in [2.05, 4.69) is 15.0 Å². The fourth-order valence-electron chi connectivity index (χ4n) is 2.56. The van der Waals surface area contributed by atoms with Crippen LogP contribution in [0, 0.1) is 5.82 Å². The first kappa shape index (κ1) is 19.6. The average Bonchev–Trinajstić information content (AvgIpc) is 3.08. The minimum absolute atomic E-state index is 0.0692. The number of imidazole rings is 1. The molecule has 1 heterocycles. The van der Waals surface area contributed by atoms with Gasteiger partial charge >= 0.3 is 0 Å². The van der Waals surface area contributed by atoms with Gasteiger partial charge in [-0.15, -0.1) is 0 Å². The van der Waals surface area contributed by atoms with E-state index < -0.39 is 15.8 Å². The minimum atomic E-state index is -3.96. The lowest BCUT2D eigenvalue weighted by atomic mass is 10.2. The third-order valence-corrected chi connectivity index (χ3v) is 5.48. The summed E-state index contributed by atoms with van der Waals surface area (Å²) in [6.45, 7) is 0.401. The van der Waals surface area contributed by atoms with Gasteiger partial charge in [-0.1, -0.05) is 12.1 Å². The van der Waals surface area contributed by atoms with Gasteiger partial charge in [-0.3, -0.25) is 9.52 Å². The minimum Gasteiger partial charge on any atom is -0.352 e. The van der Waals surface area contributed by atoms with Gasteiger partial charge in [-0.25, -0.2) is 17.8 Å². The van der Waals surface area contributed by atoms with Crippen molar-refractivity contribution in [3.63, 3.8) is 0 Å². The zero-order valence-corrected chi connectivity index (χ0v) is 15.9. The van der Waals surface area contributed by atoms with Crippen LogP contribution in [0.15, 0.2) is 65.8 Å². The van der Waals surface area contributed by atoms with Crippen molar-refractivity contribution < 1.29 is 17.6 Å². The first-order chi connectivity index (χ1) is 13.4.